The van der Waals surface area contributed by atoms with Gasteiger partial charge >= 0.3 is 12.1 Å². The van der Waals surface area contributed by atoms with Crippen LogP contribution < -0.4 is 4.90 Å². The molecule has 0 spiro atoms. The number of anilines is 1. The van der Waals surface area contributed by atoms with Crippen LogP contribution in [-0.2, 0) is 0 Å². The third kappa shape index (κ3) is 3.33. The highest BCUT2D eigenvalue weighted by atomic mass is 19.4. The lowest BCUT2D eigenvalue weighted by Crippen LogP contribution is -2.32. The van der Waals surface area contributed by atoms with E-state index in [1.165, 1.54) is 19.2 Å². The first-order valence-electron chi connectivity index (χ1n) is 4.69. The number of hydrogen-bond donors (Lipinski definition) is 1. The van der Waals surface area contributed by atoms with Gasteiger partial charge in [-0.2, -0.15) is 13.2 Å². The summed E-state index contributed by atoms with van der Waals surface area (Å²) in [7, 11) is 1.15. The molecule has 1 aromatic heterocycles. The van der Waals surface area contributed by atoms with Gasteiger partial charge in [-0.3, -0.25) is 0 Å². The third-order valence-electron chi connectivity index (χ3n) is 2.13. The van der Waals surface area contributed by atoms with Crippen LogP contribution in [0.4, 0.5) is 19.0 Å². The monoisotopic (exact) mass is 248 g/mol. The minimum Gasteiger partial charge on any atom is -0.478 e. The Kier molecular flexibility index (Phi) is 3.59. The van der Waals surface area contributed by atoms with Crippen molar-refractivity contribution in [2.75, 3.05) is 18.5 Å². The Hall–Kier alpha value is -1.79. The highest BCUT2D eigenvalue weighted by Gasteiger charge is 2.31. The Morgan fingerprint density at radius 2 is 2.12 bits per heavy atom. The Morgan fingerprint density at radius 3 is 2.59 bits per heavy atom. The van der Waals surface area contributed by atoms with Crippen LogP contribution in [0.25, 0.3) is 0 Å². The Labute approximate surface area is 95.7 Å². The SMILES string of the molecule is Cc1ccnc(N(C)CC(F)(F)F)c1C(=O)O. The van der Waals surface area contributed by atoms with E-state index in [2.05, 4.69) is 4.98 Å². The highest BCUT2D eigenvalue weighted by Crippen LogP contribution is 2.24. The molecule has 0 aliphatic carbocycles. The number of carbonyl (C=O) groups is 1. The summed E-state index contributed by atoms with van der Waals surface area (Å²) >= 11 is 0. The molecule has 4 nitrogen and oxygen atoms in total. The molecule has 0 unspecified atom stereocenters. The zero-order valence-corrected chi connectivity index (χ0v) is 9.25. The summed E-state index contributed by atoms with van der Waals surface area (Å²) in [5.41, 5.74) is 0.163. The van der Waals surface area contributed by atoms with E-state index in [9.17, 15) is 18.0 Å². The third-order valence-corrected chi connectivity index (χ3v) is 2.13. The molecule has 0 aliphatic rings. The van der Waals surface area contributed by atoms with E-state index in [4.69, 9.17) is 5.11 Å². The number of halogens is 3. The van der Waals surface area contributed by atoms with Crippen LogP contribution in [0.15, 0.2) is 12.3 Å². The van der Waals surface area contributed by atoms with E-state index in [1.807, 2.05) is 0 Å². The van der Waals surface area contributed by atoms with Crippen molar-refractivity contribution >= 4 is 11.8 Å². The van der Waals surface area contributed by atoms with Gasteiger partial charge in [0.2, 0.25) is 0 Å². The first kappa shape index (κ1) is 13.3. The molecule has 0 bridgehead atoms. The number of nitrogens with zero attached hydrogens (tertiary/aromatic N) is 2. The van der Waals surface area contributed by atoms with Gasteiger partial charge in [-0.1, -0.05) is 0 Å². The summed E-state index contributed by atoms with van der Waals surface area (Å²) in [6.45, 7) is 0.264. The average Bonchev–Trinajstić information content (AvgIpc) is 2.13. The Balaban J connectivity index is 3.13. The first-order chi connectivity index (χ1) is 7.72. The Morgan fingerprint density at radius 1 is 1.53 bits per heavy atom. The quantitative estimate of drug-likeness (QED) is 0.889. The lowest BCUT2D eigenvalue weighted by molar-refractivity contribution is -0.119. The molecule has 1 N–H and O–H groups in total. The minimum atomic E-state index is -4.41. The minimum absolute atomic E-state index is 0.185. The molecule has 1 aromatic rings. The van der Waals surface area contributed by atoms with Gasteiger partial charge in [0.1, 0.15) is 17.9 Å². The van der Waals surface area contributed by atoms with E-state index < -0.39 is 18.7 Å². The largest absolute Gasteiger partial charge is 0.478 e. The number of carboxylic acid groups (broad SMARTS) is 1. The molecule has 1 rings (SSSR count). The maximum atomic E-state index is 12.2. The Bertz CT molecular complexity index is 432. The van der Waals surface area contributed by atoms with Gasteiger partial charge < -0.3 is 10.0 Å². The standard InChI is InChI=1S/C10H11F3N2O2/c1-6-3-4-14-8(7(6)9(16)17)15(2)5-10(11,12)13/h3-4H,5H2,1-2H3,(H,16,17). The second kappa shape index (κ2) is 4.60. The van der Waals surface area contributed by atoms with E-state index in [1.54, 1.807) is 0 Å². The molecule has 0 amide bonds. The summed E-state index contributed by atoms with van der Waals surface area (Å²) < 4.78 is 36.6. The number of pyridine rings is 1. The smallest absolute Gasteiger partial charge is 0.405 e. The van der Waals surface area contributed by atoms with Crippen molar-refractivity contribution < 1.29 is 23.1 Å². The molecule has 0 saturated carbocycles. The van der Waals surface area contributed by atoms with Gasteiger partial charge in [0, 0.05) is 13.2 Å². The fourth-order valence-corrected chi connectivity index (χ4v) is 1.44. The molecule has 7 heteroatoms. The normalized spacial score (nSPS) is 11.4. The van der Waals surface area contributed by atoms with Crippen molar-refractivity contribution in [3.63, 3.8) is 0 Å². The van der Waals surface area contributed by atoms with Gasteiger partial charge in [-0.15, -0.1) is 0 Å². The summed E-state index contributed by atoms with van der Waals surface area (Å²) in [5.74, 6) is -1.48. The number of aromatic nitrogens is 1. The van der Waals surface area contributed by atoms with Crippen LogP contribution in [0.3, 0.4) is 0 Å². The molecule has 17 heavy (non-hydrogen) atoms. The lowest BCUT2D eigenvalue weighted by atomic mass is 10.1. The van der Waals surface area contributed by atoms with Crippen molar-refractivity contribution in [1.29, 1.82) is 0 Å². The number of aryl methyl sites for hydroxylation is 1. The van der Waals surface area contributed by atoms with E-state index in [0.717, 1.165) is 11.9 Å². The molecular formula is C10H11F3N2O2. The molecule has 0 fully saturated rings. The number of aromatic carboxylic acids is 1. The van der Waals surface area contributed by atoms with E-state index in [-0.39, 0.29) is 11.4 Å². The fourth-order valence-electron chi connectivity index (χ4n) is 1.44. The van der Waals surface area contributed by atoms with Gasteiger partial charge in [-0.05, 0) is 18.6 Å². The molecular weight excluding hydrogens is 237 g/mol. The molecule has 0 aliphatic heterocycles. The van der Waals surface area contributed by atoms with Gasteiger partial charge in [-0.25, -0.2) is 9.78 Å². The maximum absolute atomic E-state index is 12.2. The molecule has 0 aromatic carbocycles. The highest BCUT2D eigenvalue weighted by molar-refractivity contribution is 5.94. The summed E-state index contributed by atoms with van der Waals surface area (Å²) in [5, 5.41) is 8.95. The zero-order valence-electron chi connectivity index (χ0n) is 9.25. The van der Waals surface area contributed by atoms with Crippen LogP contribution in [0.1, 0.15) is 15.9 Å². The first-order valence-corrected chi connectivity index (χ1v) is 4.69. The van der Waals surface area contributed by atoms with Crippen molar-refractivity contribution in [1.82, 2.24) is 4.98 Å². The topological polar surface area (TPSA) is 53.4 Å². The lowest BCUT2D eigenvalue weighted by Gasteiger charge is -2.21. The summed E-state index contributed by atoms with van der Waals surface area (Å²) in [6.07, 6.45) is -3.13. The molecule has 0 radical (unpaired) electrons. The second-order valence-corrected chi connectivity index (χ2v) is 3.60. The molecule has 0 saturated heterocycles. The van der Waals surface area contributed by atoms with Crippen LogP contribution in [-0.4, -0.2) is 35.8 Å². The van der Waals surface area contributed by atoms with Crippen LogP contribution in [0, 0.1) is 6.92 Å². The molecule has 0 atom stereocenters. The van der Waals surface area contributed by atoms with E-state index in [0.29, 0.717) is 5.56 Å². The van der Waals surface area contributed by atoms with Crippen LogP contribution >= 0.6 is 0 Å². The van der Waals surface area contributed by atoms with Crippen LogP contribution in [0.5, 0.6) is 0 Å². The predicted octanol–water partition coefficient (Wildman–Crippen LogP) is 2.09. The predicted molar refractivity (Wildman–Crippen MR) is 55.3 cm³/mol. The van der Waals surface area contributed by atoms with Gasteiger partial charge in [0.15, 0.2) is 0 Å². The van der Waals surface area contributed by atoms with Crippen molar-refractivity contribution in [2.45, 2.75) is 13.1 Å². The van der Waals surface area contributed by atoms with Crippen molar-refractivity contribution in [2.24, 2.45) is 0 Å². The van der Waals surface area contributed by atoms with Gasteiger partial charge in [0.05, 0.1) is 0 Å². The zero-order chi connectivity index (χ0) is 13.2. The summed E-state index contributed by atoms with van der Waals surface area (Å²) in [4.78, 5) is 15.4. The molecule has 1 heterocycles. The summed E-state index contributed by atoms with van der Waals surface area (Å²) in [6, 6.07) is 1.44. The van der Waals surface area contributed by atoms with Crippen molar-refractivity contribution in [3.05, 3.63) is 23.4 Å². The fraction of sp³-hybridized carbons (Fsp3) is 0.400. The second-order valence-electron chi connectivity index (χ2n) is 3.60. The number of rotatable bonds is 3. The number of alkyl halides is 3. The average molecular weight is 248 g/mol. The molecule has 94 valence electrons. The van der Waals surface area contributed by atoms with Crippen LogP contribution in [0.2, 0.25) is 0 Å². The maximum Gasteiger partial charge on any atom is 0.405 e. The number of hydrogen-bond acceptors (Lipinski definition) is 3. The number of carboxylic acids is 1. The van der Waals surface area contributed by atoms with Gasteiger partial charge in [0.25, 0.3) is 0 Å². The van der Waals surface area contributed by atoms with E-state index >= 15 is 0 Å². The van der Waals surface area contributed by atoms with Crippen molar-refractivity contribution in [3.8, 4) is 0 Å².